The molecule has 0 fully saturated rings. The lowest BCUT2D eigenvalue weighted by atomic mass is 10.2. The van der Waals surface area contributed by atoms with E-state index in [0.29, 0.717) is 6.42 Å². The monoisotopic (exact) mass is 339 g/mol. The predicted octanol–water partition coefficient (Wildman–Crippen LogP) is 2.95. The summed E-state index contributed by atoms with van der Waals surface area (Å²) in [5, 5.41) is 12.9. The van der Waals surface area contributed by atoms with Gasteiger partial charge in [0.15, 0.2) is 0 Å². The molecule has 0 aliphatic heterocycles. The van der Waals surface area contributed by atoms with E-state index < -0.39 is 5.97 Å². The van der Waals surface area contributed by atoms with Crippen molar-refractivity contribution >= 4 is 23.0 Å². The fraction of sp³-hybridized carbons (Fsp3) is 0.211. The van der Waals surface area contributed by atoms with Gasteiger partial charge in [-0.15, -0.1) is 11.3 Å². The van der Waals surface area contributed by atoms with E-state index in [0.717, 1.165) is 27.6 Å². The molecule has 0 bridgehead atoms. The van der Waals surface area contributed by atoms with E-state index in [1.54, 1.807) is 11.3 Å². The Balaban J connectivity index is 2.05. The summed E-state index contributed by atoms with van der Waals surface area (Å²) in [6, 6.07) is 16.4. The standard InChI is InChI=1S/C19H20N2O2S/c1-20(2)14-5-7-15(8-6-14)21-16(10-12-19(22)23)9-11-17(21)18-4-3-13-24-18/h3-9,11,13H,10,12H2,1-2H3,(H,22,23)/p-1. The molecule has 2 heterocycles. The van der Waals surface area contributed by atoms with Crippen molar-refractivity contribution in [2.75, 3.05) is 19.0 Å². The van der Waals surface area contributed by atoms with Crippen molar-refractivity contribution < 1.29 is 9.90 Å². The summed E-state index contributed by atoms with van der Waals surface area (Å²) in [5.41, 5.74) is 4.21. The third-order valence-corrected chi connectivity index (χ3v) is 4.84. The third-order valence-electron chi connectivity index (χ3n) is 3.94. The Labute approximate surface area is 145 Å². The van der Waals surface area contributed by atoms with Crippen molar-refractivity contribution in [3.8, 4) is 16.3 Å². The zero-order valence-corrected chi connectivity index (χ0v) is 14.5. The van der Waals surface area contributed by atoms with Crippen LogP contribution in [0.2, 0.25) is 0 Å². The van der Waals surface area contributed by atoms with Crippen molar-refractivity contribution in [1.82, 2.24) is 4.57 Å². The van der Waals surface area contributed by atoms with E-state index in [-0.39, 0.29) is 6.42 Å². The molecule has 2 aromatic heterocycles. The number of aliphatic carboxylic acids is 1. The van der Waals surface area contributed by atoms with Gasteiger partial charge in [-0.05, 0) is 60.7 Å². The molecule has 3 aromatic rings. The Morgan fingerprint density at radius 1 is 1.12 bits per heavy atom. The molecule has 124 valence electrons. The molecule has 4 nitrogen and oxygen atoms in total. The molecule has 5 heteroatoms. The van der Waals surface area contributed by atoms with Crippen LogP contribution in [-0.4, -0.2) is 24.6 Å². The highest BCUT2D eigenvalue weighted by atomic mass is 32.1. The van der Waals surface area contributed by atoms with E-state index in [1.165, 1.54) is 0 Å². The molecule has 0 aliphatic carbocycles. The topological polar surface area (TPSA) is 48.3 Å². The van der Waals surface area contributed by atoms with Crippen molar-refractivity contribution in [2.24, 2.45) is 0 Å². The van der Waals surface area contributed by atoms with Crippen LogP contribution in [0.1, 0.15) is 12.1 Å². The molecule has 0 amide bonds. The minimum atomic E-state index is -1.02. The summed E-state index contributed by atoms with van der Waals surface area (Å²) >= 11 is 1.67. The van der Waals surface area contributed by atoms with E-state index in [9.17, 15) is 9.90 Å². The zero-order valence-electron chi connectivity index (χ0n) is 13.7. The van der Waals surface area contributed by atoms with E-state index in [4.69, 9.17) is 0 Å². The molecule has 0 unspecified atom stereocenters. The molecular weight excluding hydrogens is 320 g/mol. The minimum Gasteiger partial charge on any atom is -0.550 e. The zero-order chi connectivity index (χ0) is 17.1. The highest BCUT2D eigenvalue weighted by Crippen LogP contribution is 2.31. The Morgan fingerprint density at radius 2 is 1.88 bits per heavy atom. The number of aryl methyl sites for hydroxylation is 1. The Kier molecular flexibility index (Phi) is 4.71. The van der Waals surface area contributed by atoms with Gasteiger partial charge in [-0.3, -0.25) is 0 Å². The Morgan fingerprint density at radius 3 is 2.46 bits per heavy atom. The van der Waals surface area contributed by atoms with Gasteiger partial charge in [0.25, 0.3) is 0 Å². The number of carbonyl (C=O) groups excluding carboxylic acids is 1. The summed E-state index contributed by atoms with van der Waals surface area (Å²) in [4.78, 5) is 14.1. The van der Waals surface area contributed by atoms with Crippen molar-refractivity contribution in [3.05, 3.63) is 59.6 Å². The van der Waals surface area contributed by atoms with Gasteiger partial charge < -0.3 is 19.4 Å². The number of aromatic nitrogens is 1. The molecule has 0 atom stereocenters. The van der Waals surface area contributed by atoms with E-state index in [1.807, 2.05) is 31.6 Å². The summed E-state index contributed by atoms with van der Waals surface area (Å²) in [7, 11) is 4.01. The number of carboxylic acids is 1. The number of anilines is 1. The molecule has 0 saturated carbocycles. The summed E-state index contributed by atoms with van der Waals surface area (Å²) in [6.45, 7) is 0. The highest BCUT2D eigenvalue weighted by molar-refractivity contribution is 7.13. The molecule has 0 saturated heterocycles. The molecule has 0 radical (unpaired) electrons. The quantitative estimate of drug-likeness (QED) is 0.694. The number of hydrogen-bond donors (Lipinski definition) is 0. The summed E-state index contributed by atoms with van der Waals surface area (Å²) < 4.78 is 2.13. The van der Waals surface area contributed by atoms with Crippen LogP contribution >= 0.6 is 11.3 Å². The minimum absolute atomic E-state index is 0.0175. The van der Waals surface area contributed by atoms with Gasteiger partial charge in [-0.25, -0.2) is 0 Å². The van der Waals surface area contributed by atoms with Crippen LogP contribution in [0.4, 0.5) is 5.69 Å². The average molecular weight is 339 g/mol. The molecule has 0 aliphatic rings. The molecule has 3 rings (SSSR count). The molecular formula is C19H19N2O2S-. The van der Waals surface area contributed by atoms with Gasteiger partial charge in [-0.1, -0.05) is 6.07 Å². The largest absolute Gasteiger partial charge is 0.550 e. The predicted molar refractivity (Wildman–Crippen MR) is 96.7 cm³/mol. The van der Waals surface area contributed by atoms with Gasteiger partial charge in [0.1, 0.15) is 0 Å². The first-order chi connectivity index (χ1) is 11.6. The lowest BCUT2D eigenvalue weighted by molar-refractivity contribution is -0.305. The molecule has 0 spiro atoms. The SMILES string of the molecule is CN(C)c1ccc(-n2c(CCC(=O)[O-])ccc2-c2cccs2)cc1. The second-order valence-corrected chi connectivity index (χ2v) is 6.75. The van der Waals surface area contributed by atoms with Crippen LogP contribution in [0, 0.1) is 0 Å². The second kappa shape index (κ2) is 6.93. The van der Waals surface area contributed by atoms with Gasteiger partial charge >= 0.3 is 0 Å². The van der Waals surface area contributed by atoms with Crippen molar-refractivity contribution in [3.63, 3.8) is 0 Å². The number of thiophene rings is 1. The smallest absolute Gasteiger partial charge is 0.0631 e. The number of carboxylic acid groups (broad SMARTS) is 1. The van der Waals surface area contributed by atoms with Crippen molar-refractivity contribution in [1.29, 1.82) is 0 Å². The maximum Gasteiger partial charge on any atom is 0.0631 e. The summed E-state index contributed by atoms with van der Waals surface area (Å²) in [5.74, 6) is -1.02. The normalized spacial score (nSPS) is 10.8. The Hall–Kier alpha value is -2.53. The number of carbonyl (C=O) groups is 1. The Bertz CT molecular complexity index is 818. The van der Waals surface area contributed by atoms with Gasteiger partial charge in [-0.2, -0.15) is 0 Å². The number of rotatable bonds is 6. The van der Waals surface area contributed by atoms with Gasteiger partial charge in [0.2, 0.25) is 0 Å². The van der Waals surface area contributed by atoms with Crippen LogP contribution in [0.25, 0.3) is 16.3 Å². The first-order valence-electron chi connectivity index (χ1n) is 7.78. The first kappa shape index (κ1) is 16.3. The number of benzene rings is 1. The summed E-state index contributed by atoms with van der Waals surface area (Å²) in [6.07, 6.45) is 0.465. The second-order valence-electron chi connectivity index (χ2n) is 5.81. The highest BCUT2D eigenvalue weighted by Gasteiger charge is 2.13. The van der Waals surface area contributed by atoms with Gasteiger partial charge in [0, 0.05) is 37.1 Å². The van der Waals surface area contributed by atoms with Crippen LogP contribution in [-0.2, 0) is 11.2 Å². The fourth-order valence-electron chi connectivity index (χ4n) is 2.73. The number of nitrogens with zero attached hydrogens (tertiary/aromatic N) is 2. The first-order valence-corrected chi connectivity index (χ1v) is 8.66. The van der Waals surface area contributed by atoms with Gasteiger partial charge in [0.05, 0.1) is 10.6 Å². The van der Waals surface area contributed by atoms with E-state index >= 15 is 0 Å². The third kappa shape index (κ3) is 3.36. The van der Waals surface area contributed by atoms with Crippen LogP contribution < -0.4 is 10.0 Å². The maximum absolute atomic E-state index is 10.9. The maximum atomic E-state index is 10.9. The fourth-order valence-corrected chi connectivity index (χ4v) is 3.47. The lowest BCUT2D eigenvalue weighted by Gasteiger charge is -2.16. The molecule has 24 heavy (non-hydrogen) atoms. The lowest BCUT2D eigenvalue weighted by Crippen LogP contribution is -2.22. The van der Waals surface area contributed by atoms with Crippen molar-refractivity contribution in [2.45, 2.75) is 12.8 Å². The van der Waals surface area contributed by atoms with Crippen LogP contribution in [0.3, 0.4) is 0 Å². The van der Waals surface area contributed by atoms with E-state index in [2.05, 4.69) is 45.9 Å². The van der Waals surface area contributed by atoms with Crippen LogP contribution in [0.15, 0.2) is 53.9 Å². The number of hydrogen-bond acceptors (Lipinski definition) is 4. The molecule has 0 N–H and O–H groups in total. The van der Waals surface area contributed by atoms with Crippen LogP contribution in [0.5, 0.6) is 0 Å². The average Bonchev–Trinajstić information content (AvgIpc) is 3.22. The molecule has 1 aromatic carbocycles.